The van der Waals surface area contributed by atoms with Crippen LogP contribution in [0.1, 0.15) is 49.8 Å². The number of benzene rings is 1. The zero-order valence-corrected chi connectivity index (χ0v) is 9.42. The maximum Gasteiger partial charge on any atom is 0.0295 e. The number of fused-ring (bicyclic) bond motifs is 2. The van der Waals surface area contributed by atoms with Crippen LogP contribution in [0, 0.1) is 0 Å². The summed E-state index contributed by atoms with van der Waals surface area (Å²) in [6.07, 6.45) is 5.57. The van der Waals surface area contributed by atoms with Crippen LogP contribution in [0.5, 0.6) is 0 Å². The van der Waals surface area contributed by atoms with Crippen molar-refractivity contribution in [2.24, 2.45) is 0 Å². The first kappa shape index (κ1) is 9.41. The van der Waals surface area contributed by atoms with Crippen LogP contribution in [0.15, 0.2) is 24.3 Å². The summed E-state index contributed by atoms with van der Waals surface area (Å²) in [7, 11) is 0. The topological polar surface area (TPSA) is 12.0 Å². The highest BCUT2D eigenvalue weighted by Crippen LogP contribution is 2.45. The third-order valence-corrected chi connectivity index (χ3v) is 4.31. The summed E-state index contributed by atoms with van der Waals surface area (Å²) in [5.41, 5.74) is 3.64. The van der Waals surface area contributed by atoms with E-state index in [2.05, 4.69) is 36.5 Å². The van der Waals surface area contributed by atoms with E-state index in [-0.39, 0.29) is 0 Å². The van der Waals surface area contributed by atoms with Gasteiger partial charge in [0.05, 0.1) is 0 Å². The molecule has 0 unspecified atom stereocenters. The smallest absolute Gasteiger partial charge is 0.0295 e. The summed E-state index contributed by atoms with van der Waals surface area (Å²) in [5, 5.41) is 3.67. The van der Waals surface area contributed by atoms with Crippen molar-refractivity contribution in [2.45, 2.75) is 44.1 Å². The first-order valence-corrected chi connectivity index (χ1v) is 6.15. The van der Waals surface area contributed by atoms with Crippen LogP contribution in [0.2, 0.25) is 0 Å². The summed E-state index contributed by atoms with van der Waals surface area (Å²) in [6, 6.07) is 9.57. The highest BCUT2D eigenvalue weighted by Gasteiger charge is 2.40. The van der Waals surface area contributed by atoms with E-state index in [1.807, 2.05) is 0 Å². The Bertz CT molecular complexity index is 363. The largest absolute Gasteiger partial charge is 0.309 e. The minimum absolute atomic E-state index is 0.475. The Labute approximate surface area is 91.9 Å². The number of hydrogen-bond acceptors (Lipinski definition) is 1. The van der Waals surface area contributed by atoms with Crippen molar-refractivity contribution in [1.29, 1.82) is 0 Å². The standard InChI is InChI=1S/C14H19N/c1-11-12-6-2-3-7-13(12)14(10-15-11)8-4-5-9-14/h2-3,6-7,11,15H,4-5,8-10H2,1H3/t11-/m1/s1. The van der Waals surface area contributed by atoms with Crippen molar-refractivity contribution in [1.82, 2.24) is 5.32 Å². The van der Waals surface area contributed by atoms with Crippen LogP contribution in [0.3, 0.4) is 0 Å². The molecule has 0 saturated heterocycles. The molecule has 1 heterocycles. The fourth-order valence-corrected chi connectivity index (χ4v) is 3.41. The molecular formula is C14H19N. The molecule has 15 heavy (non-hydrogen) atoms. The number of rotatable bonds is 0. The zero-order chi connectivity index (χ0) is 10.3. The van der Waals surface area contributed by atoms with Gasteiger partial charge in [-0.3, -0.25) is 0 Å². The van der Waals surface area contributed by atoms with E-state index in [0.29, 0.717) is 11.5 Å². The van der Waals surface area contributed by atoms with E-state index in [9.17, 15) is 0 Å². The minimum atomic E-state index is 0.475. The van der Waals surface area contributed by atoms with Gasteiger partial charge in [-0.05, 0) is 30.9 Å². The van der Waals surface area contributed by atoms with Crippen LogP contribution in [0.25, 0.3) is 0 Å². The highest BCUT2D eigenvalue weighted by atomic mass is 14.9. The molecule has 1 heteroatoms. The second kappa shape index (κ2) is 3.34. The van der Waals surface area contributed by atoms with Crippen molar-refractivity contribution in [3.63, 3.8) is 0 Å². The Balaban J connectivity index is 2.11. The number of hydrogen-bond donors (Lipinski definition) is 1. The van der Waals surface area contributed by atoms with Crippen LogP contribution < -0.4 is 5.32 Å². The van der Waals surface area contributed by atoms with E-state index in [1.165, 1.54) is 37.8 Å². The summed E-state index contributed by atoms with van der Waals surface area (Å²) < 4.78 is 0. The van der Waals surface area contributed by atoms with Gasteiger partial charge in [0.15, 0.2) is 0 Å². The number of nitrogens with one attached hydrogen (secondary N) is 1. The monoisotopic (exact) mass is 201 g/mol. The SMILES string of the molecule is C[C@H]1NCC2(CCCC2)c2ccccc21. The lowest BCUT2D eigenvalue weighted by Crippen LogP contribution is -2.43. The summed E-state index contributed by atoms with van der Waals surface area (Å²) in [5.74, 6) is 0. The Kier molecular flexibility index (Phi) is 2.10. The molecule has 1 aromatic carbocycles. The van der Waals surface area contributed by atoms with Gasteiger partial charge in [-0.15, -0.1) is 0 Å². The molecule has 1 fully saturated rings. The molecule has 1 spiro atoms. The van der Waals surface area contributed by atoms with Gasteiger partial charge in [-0.2, -0.15) is 0 Å². The molecule has 1 atom stereocenters. The van der Waals surface area contributed by atoms with E-state index >= 15 is 0 Å². The molecule has 1 aromatic rings. The van der Waals surface area contributed by atoms with E-state index in [1.54, 1.807) is 5.56 Å². The van der Waals surface area contributed by atoms with Gasteiger partial charge < -0.3 is 5.32 Å². The van der Waals surface area contributed by atoms with Crippen LogP contribution in [-0.2, 0) is 5.41 Å². The quantitative estimate of drug-likeness (QED) is 0.680. The van der Waals surface area contributed by atoms with Crippen LogP contribution in [0.4, 0.5) is 0 Å². The Morgan fingerprint density at radius 3 is 2.73 bits per heavy atom. The van der Waals surface area contributed by atoms with Gasteiger partial charge in [-0.25, -0.2) is 0 Å². The average molecular weight is 201 g/mol. The first-order valence-electron chi connectivity index (χ1n) is 6.15. The third kappa shape index (κ3) is 1.33. The molecule has 1 nitrogen and oxygen atoms in total. The van der Waals surface area contributed by atoms with Gasteiger partial charge in [0.1, 0.15) is 0 Å². The second-order valence-corrected chi connectivity index (χ2v) is 5.18. The molecule has 1 saturated carbocycles. The lowest BCUT2D eigenvalue weighted by molar-refractivity contribution is 0.348. The Morgan fingerprint density at radius 1 is 1.20 bits per heavy atom. The van der Waals surface area contributed by atoms with Crippen molar-refractivity contribution >= 4 is 0 Å². The fourth-order valence-electron chi connectivity index (χ4n) is 3.41. The van der Waals surface area contributed by atoms with E-state index in [4.69, 9.17) is 0 Å². The predicted molar refractivity (Wildman–Crippen MR) is 63.0 cm³/mol. The van der Waals surface area contributed by atoms with Gasteiger partial charge in [0.25, 0.3) is 0 Å². The van der Waals surface area contributed by atoms with E-state index < -0.39 is 0 Å². The summed E-state index contributed by atoms with van der Waals surface area (Å²) in [4.78, 5) is 0. The highest BCUT2D eigenvalue weighted by molar-refractivity contribution is 5.39. The maximum atomic E-state index is 3.67. The fraction of sp³-hybridized carbons (Fsp3) is 0.571. The van der Waals surface area contributed by atoms with Crippen molar-refractivity contribution in [2.75, 3.05) is 6.54 Å². The maximum absolute atomic E-state index is 3.67. The summed E-state index contributed by atoms with van der Waals surface area (Å²) in [6.45, 7) is 3.46. The van der Waals surface area contributed by atoms with Crippen LogP contribution >= 0.6 is 0 Å². The Hall–Kier alpha value is -0.820. The molecule has 2 aliphatic rings. The van der Waals surface area contributed by atoms with Crippen molar-refractivity contribution < 1.29 is 0 Å². The average Bonchev–Trinajstić information content (AvgIpc) is 2.74. The molecule has 0 amide bonds. The molecular weight excluding hydrogens is 182 g/mol. The van der Waals surface area contributed by atoms with Crippen molar-refractivity contribution in [3.05, 3.63) is 35.4 Å². The molecule has 0 radical (unpaired) electrons. The van der Waals surface area contributed by atoms with Gasteiger partial charge in [0.2, 0.25) is 0 Å². The molecule has 80 valence electrons. The summed E-state index contributed by atoms with van der Waals surface area (Å²) >= 11 is 0. The minimum Gasteiger partial charge on any atom is -0.309 e. The van der Waals surface area contributed by atoms with Gasteiger partial charge in [-0.1, -0.05) is 37.1 Å². The predicted octanol–water partition coefficient (Wildman–Crippen LogP) is 3.16. The molecule has 1 N–H and O–H groups in total. The van der Waals surface area contributed by atoms with Crippen molar-refractivity contribution in [3.8, 4) is 0 Å². The first-order chi connectivity index (χ1) is 7.32. The second-order valence-electron chi connectivity index (χ2n) is 5.18. The molecule has 1 aliphatic carbocycles. The zero-order valence-electron chi connectivity index (χ0n) is 9.42. The third-order valence-electron chi connectivity index (χ3n) is 4.31. The van der Waals surface area contributed by atoms with Gasteiger partial charge >= 0.3 is 0 Å². The molecule has 1 aliphatic heterocycles. The van der Waals surface area contributed by atoms with Gasteiger partial charge in [0, 0.05) is 18.0 Å². The van der Waals surface area contributed by atoms with E-state index in [0.717, 1.165) is 0 Å². The molecule has 0 aromatic heterocycles. The normalized spacial score (nSPS) is 27.9. The van der Waals surface area contributed by atoms with Crippen LogP contribution in [-0.4, -0.2) is 6.54 Å². The Morgan fingerprint density at radius 2 is 1.93 bits per heavy atom. The molecule has 3 rings (SSSR count). The lowest BCUT2D eigenvalue weighted by Gasteiger charge is -2.39. The lowest BCUT2D eigenvalue weighted by atomic mass is 9.73. The molecule has 0 bridgehead atoms.